The van der Waals surface area contributed by atoms with Gasteiger partial charge < -0.3 is 9.72 Å². The molecule has 1 N–H and O–H groups in total. The summed E-state index contributed by atoms with van der Waals surface area (Å²) in [5.74, 6) is 1.64. The molecule has 0 radical (unpaired) electrons. The minimum atomic E-state index is -0.639. The zero-order valence-electron chi connectivity index (χ0n) is 21.9. The maximum atomic E-state index is 6.27. The van der Waals surface area contributed by atoms with Crippen LogP contribution >= 0.6 is 11.6 Å². The van der Waals surface area contributed by atoms with E-state index in [-0.39, 0.29) is 0 Å². The van der Waals surface area contributed by atoms with Crippen molar-refractivity contribution in [1.29, 1.82) is 0 Å². The summed E-state index contributed by atoms with van der Waals surface area (Å²) in [5.41, 5.74) is 5.69. The van der Waals surface area contributed by atoms with Gasteiger partial charge in [-0.1, -0.05) is 121 Å². The normalized spacial score (nSPS) is 11.3. The fourth-order valence-electron chi connectivity index (χ4n) is 5.27. The largest absolute Gasteiger partial charge is 0.493 e. The maximum absolute atomic E-state index is 6.27. The van der Waals surface area contributed by atoms with Crippen LogP contribution in [0.15, 0.2) is 140 Å². The van der Waals surface area contributed by atoms with Crippen molar-refractivity contribution in [3.8, 4) is 17.0 Å². The number of H-pyrrole nitrogens is 1. The first-order chi connectivity index (χ1) is 19.7. The van der Waals surface area contributed by atoms with E-state index >= 15 is 0 Å². The number of aromatic nitrogens is 3. The fraction of sp³-hybridized carbons (Fsp3) is 0.0857. The van der Waals surface area contributed by atoms with Gasteiger partial charge in [0.25, 0.3) is 0 Å². The number of aromatic amines is 1. The highest BCUT2D eigenvalue weighted by Crippen LogP contribution is 2.44. The van der Waals surface area contributed by atoms with Crippen LogP contribution < -0.4 is 4.74 Å². The molecule has 196 valence electrons. The highest BCUT2D eigenvalue weighted by atomic mass is 35.5. The van der Waals surface area contributed by atoms with E-state index in [1.165, 1.54) is 0 Å². The zero-order chi connectivity index (χ0) is 27.2. The van der Waals surface area contributed by atoms with Gasteiger partial charge in [0.2, 0.25) is 0 Å². The number of nitrogens with one attached hydrogen (secondary N) is 1. The highest BCUT2D eigenvalue weighted by Gasteiger charge is 2.41. The minimum Gasteiger partial charge on any atom is -0.493 e. The molecule has 2 heterocycles. The molecule has 40 heavy (non-hydrogen) atoms. The van der Waals surface area contributed by atoms with Gasteiger partial charge in [-0.05, 0) is 40.5 Å². The van der Waals surface area contributed by atoms with Crippen molar-refractivity contribution in [2.45, 2.75) is 11.8 Å². The van der Waals surface area contributed by atoms with E-state index in [1.807, 2.05) is 48.7 Å². The van der Waals surface area contributed by atoms with Crippen molar-refractivity contribution in [1.82, 2.24) is 15.0 Å². The molecule has 0 spiro atoms. The van der Waals surface area contributed by atoms with E-state index in [1.54, 1.807) is 12.3 Å². The quantitative estimate of drug-likeness (QED) is 0.148. The maximum Gasteiger partial charge on any atom is 0.129 e. The number of hydrogen-bond acceptors (Lipinski definition) is 3. The Balaban J connectivity index is 1.41. The van der Waals surface area contributed by atoms with Crippen LogP contribution in [0.3, 0.4) is 0 Å². The van der Waals surface area contributed by atoms with Crippen LogP contribution in [0.1, 0.15) is 28.1 Å². The first-order valence-corrected chi connectivity index (χ1v) is 13.7. The molecule has 0 fully saturated rings. The Bertz CT molecular complexity index is 1570. The van der Waals surface area contributed by atoms with Gasteiger partial charge in [-0.3, -0.25) is 0 Å². The topological polar surface area (TPSA) is 50.8 Å². The molecule has 0 unspecified atom stereocenters. The summed E-state index contributed by atoms with van der Waals surface area (Å²) < 4.78 is 6.27. The average Bonchev–Trinajstić information content (AvgIpc) is 3.51. The number of hydrogen-bond donors (Lipinski definition) is 1. The van der Waals surface area contributed by atoms with Crippen LogP contribution in [-0.4, -0.2) is 21.6 Å². The summed E-state index contributed by atoms with van der Waals surface area (Å²) in [7, 11) is 0. The van der Waals surface area contributed by atoms with Crippen molar-refractivity contribution in [2.75, 3.05) is 6.61 Å². The molecule has 4 aromatic carbocycles. The average molecular weight is 542 g/mol. The third-order valence-electron chi connectivity index (χ3n) is 7.17. The second-order valence-corrected chi connectivity index (χ2v) is 9.96. The Kier molecular flexibility index (Phi) is 7.43. The number of rotatable bonds is 9. The lowest BCUT2D eigenvalue weighted by Gasteiger charge is -2.34. The Labute approximate surface area is 239 Å². The van der Waals surface area contributed by atoms with Gasteiger partial charge in [-0.15, -0.1) is 0 Å². The molecule has 2 aromatic heterocycles. The van der Waals surface area contributed by atoms with Crippen molar-refractivity contribution in [3.05, 3.63) is 173 Å². The molecule has 0 saturated heterocycles. The Hall–Kier alpha value is -4.67. The summed E-state index contributed by atoms with van der Waals surface area (Å²) in [4.78, 5) is 12.9. The highest BCUT2D eigenvalue weighted by molar-refractivity contribution is 6.29. The number of ether oxygens (including phenoxy) is 1. The Morgan fingerprint density at radius 1 is 0.625 bits per heavy atom. The van der Waals surface area contributed by atoms with E-state index < -0.39 is 5.41 Å². The monoisotopic (exact) mass is 541 g/mol. The van der Waals surface area contributed by atoms with E-state index in [0.717, 1.165) is 51.5 Å². The lowest BCUT2D eigenvalue weighted by molar-refractivity contribution is 0.323. The Morgan fingerprint density at radius 3 is 1.77 bits per heavy atom. The lowest BCUT2D eigenvalue weighted by Crippen LogP contribution is -2.32. The molecule has 0 aliphatic rings. The first-order valence-electron chi connectivity index (χ1n) is 13.3. The fourth-order valence-corrected chi connectivity index (χ4v) is 5.38. The van der Waals surface area contributed by atoms with Crippen molar-refractivity contribution >= 4 is 11.6 Å². The molecule has 0 atom stereocenters. The van der Waals surface area contributed by atoms with Crippen LogP contribution in [-0.2, 0) is 11.8 Å². The van der Waals surface area contributed by atoms with Crippen LogP contribution in [0.4, 0.5) is 0 Å². The summed E-state index contributed by atoms with van der Waals surface area (Å²) in [6.07, 6.45) is 4.42. The number of imidazole rings is 1. The van der Waals surface area contributed by atoms with E-state index in [9.17, 15) is 0 Å². The van der Waals surface area contributed by atoms with Crippen LogP contribution in [0.2, 0.25) is 5.15 Å². The van der Waals surface area contributed by atoms with Crippen LogP contribution in [0, 0.1) is 0 Å². The number of halogens is 1. The molecule has 0 aliphatic carbocycles. The van der Waals surface area contributed by atoms with E-state index in [4.69, 9.17) is 21.3 Å². The Morgan fingerprint density at radius 2 is 1.20 bits per heavy atom. The molecule has 4 nitrogen and oxygen atoms in total. The lowest BCUT2D eigenvalue weighted by atomic mass is 9.69. The van der Waals surface area contributed by atoms with Crippen molar-refractivity contribution in [2.24, 2.45) is 0 Å². The van der Waals surface area contributed by atoms with Gasteiger partial charge >= 0.3 is 0 Å². The number of benzene rings is 4. The van der Waals surface area contributed by atoms with Gasteiger partial charge in [0.05, 0.1) is 18.5 Å². The van der Waals surface area contributed by atoms with E-state index in [0.29, 0.717) is 11.8 Å². The molecule has 0 amide bonds. The summed E-state index contributed by atoms with van der Waals surface area (Å²) in [5, 5.41) is 0.489. The van der Waals surface area contributed by atoms with Gasteiger partial charge in [-0.25, -0.2) is 9.97 Å². The molecular formula is C35H28ClN3O. The van der Waals surface area contributed by atoms with Gasteiger partial charge in [0.15, 0.2) is 0 Å². The number of para-hydroxylation sites is 1. The van der Waals surface area contributed by atoms with Crippen LogP contribution in [0.25, 0.3) is 11.3 Å². The summed E-state index contributed by atoms with van der Waals surface area (Å²) >= 11 is 5.93. The molecular weight excluding hydrogens is 514 g/mol. The second-order valence-electron chi connectivity index (χ2n) is 9.58. The second kappa shape index (κ2) is 11.6. The predicted octanol–water partition coefficient (Wildman–Crippen LogP) is 8.13. The third kappa shape index (κ3) is 5.02. The standard InChI is InChI=1S/C35H28ClN3O/c36-33-21-20-26(24-37-33)22-23-40-32-19-11-10-18-30(32)31-25-38-34(39-31)35(27-12-4-1-5-13-27,28-14-6-2-7-15-28)29-16-8-3-9-17-29/h1-21,24-25H,22-23H2,(H,38,39). The third-order valence-corrected chi connectivity index (χ3v) is 7.39. The molecule has 6 aromatic rings. The number of pyridine rings is 1. The van der Waals surface area contributed by atoms with E-state index in [2.05, 4.69) is 88.8 Å². The molecule has 0 bridgehead atoms. The number of nitrogens with zero attached hydrogens (tertiary/aromatic N) is 2. The molecule has 0 saturated carbocycles. The summed E-state index contributed by atoms with van der Waals surface area (Å²) in [6.45, 7) is 0.517. The minimum absolute atomic E-state index is 0.489. The first kappa shape index (κ1) is 25.6. The molecule has 0 aliphatic heterocycles. The van der Waals surface area contributed by atoms with Gasteiger partial charge in [0.1, 0.15) is 22.1 Å². The van der Waals surface area contributed by atoms with Crippen molar-refractivity contribution in [3.63, 3.8) is 0 Å². The zero-order valence-corrected chi connectivity index (χ0v) is 22.6. The smallest absolute Gasteiger partial charge is 0.129 e. The van der Waals surface area contributed by atoms with Gasteiger partial charge in [0, 0.05) is 18.2 Å². The van der Waals surface area contributed by atoms with Crippen molar-refractivity contribution < 1.29 is 4.74 Å². The SMILES string of the molecule is Clc1ccc(CCOc2ccccc2-c2cnc(C(c3ccccc3)(c3ccccc3)c3ccccc3)[nH]2)cn1. The molecule has 6 rings (SSSR count). The van der Waals surface area contributed by atoms with Gasteiger partial charge in [-0.2, -0.15) is 0 Å². The summed E-state index contributed by atoms with van der Waals surface area (Å²) in [6, 6.07) is 43.5. The predicted molar refractivity (Wildman–Crippen MR) is 161 cm³/mol. The van der Waals surface area contributed by atoms with Crippen LogP contribution in [0.5, 0.6) is 5.75 Å². The molecule has 5 heteroatoms.